The zero-order valence-electron chi connectivity index (χ0n) is 41.4. The molecule has 0 aromatic heterocycles. The van der Waals surface area contributed by atoms with Gasteiger partial charge in [-0.1, -0.05) is 281 Å². The van der Waals surface area contributed by atoms with Crippen molar-refractivity contribution in [3.05, 3.63) is 36.5 Å². The summed E-state index contributed by atoms with van der Waals surface area (Å²) in [7, 11) is 0. The molecule has 0 fully saturated rings. The second-order valence-electron chi connectivity index (χ2n) is 19.0. The predicted octanol–water partition coefficient (Wildman–Crippen LogP) is 18.1. The first kappa shape index (κ1) is 59.6. The van der Waals surface area contributed by atoms with Gasteiger partial charge in [0, 0.05) is 6.42 Å². The average Bonchev–Trinajstić information content (AvgIpc) is 3.26. The lowest BCUT2D eigenvalue weighted by molar-refractivity contribution is -0.123. The molecule has 2 atom stereocenters. The van der Waals surface area contributed by atoms with Gasteiger partial charge in [-0.15, -0.1) is 0 Å². The zero-order chi connectivity index (χ0) is 44.2. The summed E-state index contributed by atoms with van der Waals surface area (Å²) < 4.78 is 0. The van der Waals surface area contributed by atoms with Gasteiger partial charge in [0.1, 0.15) is 0 Å². The van der Waals surface area contributed by atoms with E-state index in [1.54, 1.807) is 0 Å². The van der Waals surface area contributed by atoms with E-state index in [0.717, 1.165) is 38.5 Å². The maximum atomic E-state index is 12.4. The van der Waals surface area contributed by atoms with E-state index in [0.29, 0.717) is 12.8 Å². The van der Waals surface area contributed by atoms with Crippen LogP contribution >= 0.6 is 0 Å². The van der Waals surface area contributed by atoms with Crippen molar-refractivity contribution in [1.29, 1.82) is 0 Å². The summed E-state index contributed by atoms with van der Waals surface area (Å²) in [5.41, 5.74) is 0. The van der Waals surface area contributed by atoms with E-state index in [9.17, 15) is 15.0 Å². The van der Waals surface area contributed by atoms with Crippen LogP contribution in [0.4, 0.5) is 0 Å². The quantitative estimate of drug-likeness (QED) is 0.0422. The minimum absolute atomic E-state index is 0.0275. The number of hydrogen-bond acceptors (Lipinski definition) is 3. The third-order valence-corrected chi connectivity index (χ3v) is 12.9. The van der Waals surface area contributed by atoms with Gasteiger partial charge in [-0.2, -0.15) is 0 Å². The van der Waals surface area contributed by atoms with Crippen molar-refractivity contribution in [3.8, 4) is 0 Å². The first-order chi connectivity index (χ1) is 30.2. The summed E-state index contributed by atoms with van der Waals surface area (Å²) >= 11 is 0. The monoisotopic (exact) mass is 856 g/mol. The summed E-state index contributed by atoms with van der Waals surface area (Å²) in [5.74, 6) is -0.0275. The fourth-order valence-corrected chi connectivity index (χ4v) is 8.66. The molecule has 0 radical (unpaired) electrons. The van der Waals surface area contributed by atoms with Gasteiger partial charge in [-0.05, 0) is 51.4 Å². The molecule has 0 aliphatic carbocycles. The Morgan fingerprint density at radius 2 is 0.672 bits per heavy atom. The molecule has 0 heterocycles. The number of aliphatic hydroxyl groups is 2. The highest BCUT2D eigenvalue weighted by Gasteiger charge is 2.20. The molecule has 0 aromatic rings. The first-order valence-corrected chi connectivity index (χ1v) is 27.7. The zero-order valence-corrected chi connectivity index (χ0v) is 41.4. The number of allylic oxidation sites excluding steroid dienone is 6. The number of aliphatic hydroxyl groups excluding tert-OH is 2. The molecule has 61 heavy (non-hydrogen) atoms. The van der Waals surface area contributed by atoms with Gasteiger partial charge < -0.3 is 15.5 Å². The van der Waals surface area contributed by atoms with Crippen LogP contribution in [0.5, 0.6) is 0 Å². The van der Waals surface area contributed by atoms with Gasteiger partial charge in [0.15, 0.2) is 0 Å². The first-order valence-electron chi connectivity index (χ1n) is 27.7. The lowest BCUT2D eigenvalue weighted by atomic mass is 10.0. The van der Waals surface area contributed by atoms with E-state index >= 15 is 0 Å². The normalized spacial score (nSPS) is 13.0. The van der Waals surface area contributed by atoms with Crippen LogP contribution in [-0.2, 0) is 4.79 Å². The number of rotatable bonds is 51. The summed E-state index contributed by atoms with van der Waals surface area (Å²) in [6, 6.07) is -0.533. The van der Waals surface area contributed by atoms with Gasteiger partial charge in [0.25, 0.3) is 0 Å². The molecule has 4 heteroatoms. The van der Waals surface area contributed by atoms with Crippen LogP contribution in [0.2, 0.25) is 0 Å². The van der Waals surface area contributed by atoms with Gasteiger partial charge in [-0.25, -0.2) is 0 Å². The van der Waals surface area contributed by atoms with Crippen LogP contribution in [0.25, 0.3) is 0 Å². The predicted molar refractivity (Wildman–Crippen MR) is 272 cm³/mol. The molecular formula is C57H109NO3. The number of carbonyl (C=O) groups is 1. The van der Waals surface area contributed by atoms with Crippen molar-refractivity contribution >= 4 is 5.91 Å². The van der Waals surface area contributed by atoms with Crippen molar-refractivity contribution < 1.29 is 15.0 Å². The van der Waals surface area contributed by atoms with Crippen molar-refractivity contribution in [3.63, 3.8) is 0 Å². The third-order valence-electron chi connectivity index (χ3n) is 12.9. The van der Waals surface area contributed by atoms with Gasteiger partial charge >= 0.3 is 0 Å². The van der Waals surface area contributed by atoms with Crippen LogP contribution in [-0.4, -0.2) is 34.9 Å². The standard InChI is InChI=1S/C57H109NO3/c1-3-5-7-9-11-13-15-17-18-19-20-21-22-23-24-25-26-27-28-29-30-31-32-33-34-35-36-37-38-39-40-41-43-45-47-49-51-53-57(61)58-55(54-59)56(60)52-50-48-46-44-42-16-14-12-10-8-6-4-2/h15,17,19-20,22-23,55-56,59-60H,3-14,16,18,21,24-54H2,1-2H3,(H,58,61)/b17-15-,20-19-,23-22-. The van der Waals surface area contributed by atoms with E-state index in [-0.39, 0.29) is 12.5 Å². The smallest absolute Gasteiger partial charge is 0.220 e. The topological polar surface area (TPSA) is 69.6 Å². The van der Waals surface area contributed by atoms with E-state index in [4.69, 9.17) is 0 Å². The molecule has 0 bridgehead atoms. The highest BCUT2D eigenvalue weighted by molar-refractivity contribution is 5.76. The minimum atomic E-state index is -0.656. The molecule has 3 N–H and O–H groups in total. The van der Waals surface area contributed by atoms with Crippen molar-refractivity contribution in [2.75, 3.05) is 6.61 Å². The van der Waals surface area contributed by atoms with E-state index < -0.39 is 12.1 Å². The van der Waals surface area contributed by atoms with Crippen LogP contribution < -0.4 is 5.32 Å². The lowest BCUT2D eigenvalue weighted by Gasteiger charge is -2.22. The van der Waals surface area contributed by atoms with Gasteiger partial charge in [0.2, 0.25) is 5.91 Å². The molecule has 4 nitrogen and oxygen atoms in total. The molecule has 1 amide bonds. The Morgan fingerprint density at radius 3 is 1.00 bits per heavy atom. The Labute approximate surface area is 382 Å². The lowest BCUT2D eigenvalue weighted by Crippen LogP contribution is -2.45. The van der Waals surface area contributed by atoms with Crippen molar-refractivity contribution in [1.82, 2.24) is 5.32 Å². The molecule has 0 saturated heterocycles. The van der Waals surface area contributed by atoms with Gasteiger partial charge in [0.05, 0.1) is 18.8 Å². The Balaban J connectivity index is 3.38. The number of hydrogen-bond donors (Lipinski definition) is 3. The fourth-order valence-electron chi connectivity index (χ4n) is 8.66. The molecule has 0 aliphatic rings. The second kappa shape index (κ2) is 53.0. The molecule has 360 valence electrons. The third kappa shape index (κ3) is 49.5. The number of amides is 1. The maximum absolute atomic E-state index is 12.4. The molecule has 0 aliphatic heterocycles. The van der Waals surface area contributed by atoms with Gasteiger partial charge in [-0.3, -0.25) is 4.79 Å². The van der Waals surface area contributed by atoms with Crippen molar-refractivity contribution in [2.24, 2.45) is 0 Å². The molecule has 0 aromatic carbocycles. The molecule has 0 spiro atoms. The summed E-state index contributed by atoms with van der Waals surface area (Å²) in [6.07, 6.45) is 71.4. The molecule has 0 rings (SSSR count). The largest absolute Gasteiger partial charge is 0.394 e. The fraction of sp³-hybridized carbons (Fsp3) is 0.877. The summed E-state index contributed by atoms with van der Waals surface area (Å²) in [5, 5.41) is 23.2. The highest BCUT2D eigenvalue weighted by Crippen LogP contribution is 2.17. The Bertz CT molecular complexity index is 928. The molecule has 2 unspecified atom stereocenters. The number of nitrogens with one attached hydrogen (secondary N) is 1. The number of unbranched alkanes of at least 4 members (excludes halogenated alkanes) is 38. The van der Waals surface area contributed by atoms with E-state index in [2.05, 4.69) is 55.6 Å². The van der Waals surface area contributed by atoms with Crippen LogP contribution in [0, 0.1) is 0 Å². The SMILES string of the molecule is CCCCCCC/C=C\C/C=C\C/C=C\CCCCCCCCCCCCCCCCCCCCCCCCC(=O)NC(CO)C(O)CCCCCCCCCCCCCC. The molecular weight excluding hydrogens is 747 g/mol. The van der Waals surface area contributed by atoms with Crippen LogP contribution in [0.15, 0.2) is 36.5 Å². The van der Waals surface area contributed by atoms with Crippen LogP contribution in [0.1, 0.15) is 303 Å². The average molecular weight is 857 g/mol. The Hall–Kier alpha value is -1.39. The van der Waals surface area contributed by atoms with E-state index in [1.165, 1.54) is 238 Å². The Kier molecular flexibility index (Phi) is 51.7. The highest BCUT2D eigenvalue weighted by atomic mass is 16.3. The second-order valence-corrected chi connectivity index (χ2v) is 19.0. The summed E-state index contributed by atoms with van der Waals surface area (Å²) in [4.78, 5) is 12.4. The van der Waals surface area contributed by atoms with Crippen molar-refractivity contribution in [2.45, 2.75) is 315 Å². The van der Waals surface area contributed by atoms with Crippen LogP contribution in [0.3, 0.4) is 0 Å². The Morgan fingerprint density at radius 1 is 0.393 bits per heavy atom. The minimum Gasteiger partial charge on any atom is -0.394 e. The van der Waals surface area contributed by atoms with E-state index in [1.807, 2.05) is 0 Å². The maximum Gasteiger partial charge on any atom is 0.220 e. The number of carbonyl (C=O) groups excluding carboxylic acids is 1. The summed E-state index contributed by atoms with van der Waals surface area (Å²) in [6.45, 7) is 4.36. The molecule has 0 saturated carbocycles.